The number of hydrogen-bond donors (Lipinski definition) is 0. The number of nitrogens with zero attached hydrogens (tertiary/aromatic N) is 3. The molecule has 0 aliphatic rings. The van der Waals surface area contributed by atoms with E-state index in [2.05, 4.69) is 42.2 Å². The number of halogens is 2. The van der Waals surface area contributed by atoms with Crippen molar-refractivity contribution in [3.8, 4) is 11.5 Å². The van der Waals surface area contributed by atoms with E-state index in [0.29, 0.717) is 11.9 Å². The molecule has 7 heteroatoms. The maximum Gasteiger partial charge on any atom is 0.133 e. The van der Waals surface area contributed by atoms with Crippen LogP contribution in [0.5, 0.6) is 11.5 Å². The van der Waals surface area contributed by atoms with Crippen LogP contribution in [0.1, 0.15) is 11.3 Å². The van der Waals surface area contributed by atoms with Gasteiger partial charge in [-0.1, -0.05) is 21.1 Å². The van der Waals surface area contributed by atoms with Crippen LogP contribution in [0.4, 0.5) is 0 Å². The first-order valence-corrected chi connectivity index (χ1v) is 7.44. The molecule has 0 aliphatic carbocycles. The van der Waals surface area contributed by atoms with Crippen molar-refractivity contribution in [1.29, 1.82) is 0 Å². The van der Waals surface area contributed by atoms with Crippen LogP contribution >= 0.6 is 31.9 Å². The van der Waals surface area contributed by atoms with Gasteiger partial charge in [-0.15, -0.1) is 5.10 Å². The molecule has 0 aliphatic heterocycles. The third kappa shape index (κ3) is 3.27. The number of methoxy groups -OCH3 is 2. The number of benzene rings is 1. The Morgan fingerprint density at radius 1 is 1.21 bits per heavy atom. The summed E-state index contributed by atoms with van der Waals surface area (Å²) in [6, 6.07) is 3.81. The molecule has 0 fully saturated rings. The van der Waals surface area contributed by atoms with E-state index < -0.39 is 0 Å². The lowest BCUT2D eigenvalue weighted by Gasteiger charge is -2.12. The Bertz CT molecular complexity index is 572. The maximum absolute atomic E-state index is 5.37. The van der Waals surface area contributed by atoms with Gasteiger partial charge in [0.25, 0.3) is 0 Å². The average Bonchev–Trinajstić information content (AvgIpc) is 2.88. The molecule has 2 rings (SSSR count). The van der Waals surface area contributed by atoms with Gasteiger partial charge in [-0.2, -0.15) is 0 Å². The second-order valence-corrected chi connectivity index (χ2v) is 5.25. The second kappa shape index (κ2) is 6.38. The molecule has 1 heterocycles. The number of alkyl halides is 1. The van der Waals surface area contributed by atoms with E-state index in [-0.39, 0.29) is 0 Å². The first-order chi connectivity index (χ1) is 9.17. The molecule has 2 aromatic rings. The Morgan fingerprint density at radius 2 is 1.95 bits per heavy atom. The summed E-state index contributed by atoms with van der Waals surface area (Å²) in [7, 11) is 3.28. The van der Waals surface area contributed by atoms with E-state index in [4.69, 9.17) is 9.47 Å². The molecular weight excluding hydrogens is 378 g/mol. The third-order valence-electron chi connectivity index (χ3n) is 2.61. The van der Waals surface area contributed by atoms with Gasteiger partial charge in [0.15, 0.2) is 0 Å². The Kier molecular flexibility index (Phi) is 4.81. The van der Waals surface area contributed by atoms with E-state index in [1.165, 1.54) is 0 Å². The van der Waals surface area contributed by atoms with Crippen LogP contribution in [0.25, 0.3) is 0 Å². The number of aromatic nitrogens is 3. The lowest BCUT2D eigenvalue weighted by atomic mass is 10.2. The zero-order chi connectivity index (χ0) is 13.8. The molecule has 0 amide bonds. The third-order valence-corrected chi connectivity index (χ3v) is 3.80. The van der Waals surface area contributed by atoms with Gasteiger partial charge in [-0.3, -0.25) is 0 Å². The van der Waals surface area contributed by atoms with Crippen LogP contribution in [0, 0.1) is 0 Å². The molecule has 19 heavy (non-hydrogen) atoms. The Balaban J connectivity index is 2.32. The van der Waals surface area contributed by atoms with Crippen molar-refractivity contribution < 1.29 is 9.47 Å². The van der Waals surface area contributed by atoms with Crippen molar-refractivity contribution in [3.05, 3.63) is 34.1 Å². The number of rotatable bonds is 5. The van der Waals surface area contributed by atoms with Gasteiger partial charge in [0, 0.05) is 17.1 Å². The molecule has 0 saturated carbocycles. The molecule has 0 unspecified atom stereocenters. The highest BCUT2D eigenvalue weighted by Gasteiger charge is 2.11. The summed E-state index contributed by atoms with van der Waals surface area (Å²) in [5.41, 5.74) is 1.87. The summed E-state index contributed by atoms with van der Waals surface area (Å²) < 4.78 is 13.3. The zero-order valence-corrected chi connectivity index (χ0v) is 13.7. The Morgan fingerprint density at radius 3 is 2.53 bits per heavy atom. The van der Waals surface area contributed by atoms with Crippen molar-refractivity contribution in [1.82, 2.24) is 15.0 Å². The van der Waals surface area contributed by atoms with Gasteiger partial charge >= 0.3 is 0 Å². The molecule has 0 N–H and O–H groups in total. The minimum absolute atomic E-state index is 0.576. The summed E-state index contributed by atoms with van der Waals surface area (Å²) >= 11 is 6.79. The Labute approximate surface area is 128 Å². The lowest BCUT2D eigenvalue weighted by Crippen LogP contribution is -2.03. The van der Waals surface area contributed by atoms with Gasteiger partial charge in [-0.05, 0) is 28.1 Å². The molecule has 0 radical (unpaired) electrons. The van der Waals surface area contributed by atoms with Crippen LogP contribution in [0.2, 0.25) is 0 Å². The van der Waals surface area contributed by atoms with Gasteiger partial charge < -0.3 is 9.47 Å². The highest BCUT2D eigenvalue weighted by atomic mass is 79.9. The van der Waals surface area contributed by atoms with Crippen LogP contribution in [-0.2, 0) is 11.9 Å². The summed E-state index contributed by atoms with van der Waals surface area (Å²) in [4.78, 5) is 0. The molecule has 1 aromatic heterocycles. The maximum atomic E-state index is 5.37. The van der Waals surface area contributed by atoms with Crippen molar-refractivity contribution in [2.45, 2.75) is 11.9 Å². The lowest BCUT2D eigenvalue weighted by molar-refractivity contribution is 0.394. The van der Waals surface area contributed by atoms with Crippen LogP contribution < -0.4 is 9.47 Å². The fraction of sp³-hybridized carbons (Fsp3) is 0.333. The molecule has 0 atom stereocenters. The number of ether oxygens (including phenoxy) is 2. The van der Waals surface area contributed by atoms with E-state index in [0.717, 1.165) is 27.2 Å². The first-order valence-electron chi connectivity index (χ1n) is 5.53. The summed E-state index contributed by atoms with van der Waals surface area (Å²) in [5, 5.41) is 8.78. The largest absolute Gasteiger partial charge is 0.496 e. The topological polar surface area (TPSA) is 49.2 Å². The van der Waals surface area contributed by atoms with E-state index >= 15 is 0 Å². The van der Waals surface area contributed by atoms with E-state index in [9.17, 15) is 0 Å². The fourth-order valence-corrected chi connectivity index (χ4v) is 2.44. The molecule has 1 aromatic carbocycles. The monoisotopic (exact) mass is 389 g/mol. The van der Waals surface area contributed by atoms with Gasteiger partial charge in [-0.25, -0.2) is 4.68 Å². The highest BCUT2D eigenvalue weighted by molar-refractivity contribution is 9.10. The predicted octanol–water partition coefficient (Wildman–Crippen LogP) is 3.00. The van der Waals surface area contributed by atoms with Crippen molar-refractivity contribution >= 4 is 31.9 Å². The van der Waals surface area contributed by atoms with Gasteiger partial charge in [0.05, 0.1) is 30.9 Å². The standard InChI is InChI=1S/C12H13Br2N3O2/c1-18-11-4-10(14)12(19-2)3-8(11)6-17-7-9(5-13)15-16-17/h3-4,7H,5-6H2,1-2H3. The summed E-state index contributed by atoms with van der Waals surface area (Å²) in [6.07, 6.45) is 1.89. The zero-order valence-electron chi connectivity index (χ0n) is 10.6. The molecule has 0 bridgehead atoms. The molecule has 0 saturated heterocycles. The number of hydrogen-bond acceptors (Lipinski definition) is 4. The van der Waals surface area contributed by atoms with Gasteiger partial charge in [0.1, 0.15) is 11.5 Å². The normalized spacial score (nSPS) is 10.5. The minimum atomic E-state index is 0.576. The van der Waals surface area contributed by atoms with Crippen LogP contribution in [0.15, 0.2) is 22.8 Å². The van der Waals surface area contributed by atoms with Crippen LogP contribution in [-0.4, -0.2) is 29.2 Å². The quantitative estimate of drug-likeness (QED) is 0.736. The summed E-state index contributed by atoms with van der Waals surface area (Å²) in [5.74, 6) is 1.54. The highest BCUT2D eigenvalue weighted by Crippen LogP contribution is 2.33. The van der Waals surface area contributed by atoms with Gasteiger partial charge in [0.2, 0.25) is 0 Å². The van der Waals surface area contributed by atoms with Crippen molar-refractivity contribution in [2.24, 2.45) is 0 Å². The molecule has 102 valence electrons. The molecule has 0 spiro atoms. The predicted molar refractivity (Wildman–Crippen MR) is 79.0 cm³/mol. The summed E-state index contributed by atoms with van der Waals surface area (Å²) in [6.45, 7) is 0.576. The second-order valence-electron chi connectivity index (χ2n) is 3.84. The first kappa shape index (κ1) is 14.3. The molecular formula is C12H13Br2N3O2. The fourth-order valence-electron chi connectivity index (χ4n) is 1.70. The molecule has 5 nitrogen and oxygen atoms in total. The smallest absolute Gasteiger partial charge is 0.133 e. The average molecular weight is 391 g/mol. The van der Waals surface area contributed by atoms with Crippen molar-refractivity contribution in [3.63, 3.8) is 0 Å². The van der Waals surface area contributed by atoms with E-state index in [1.54, 1.807) is 18.9 Å². The Hall–Kier alpha value is -1.08. The van der Waals surface area contributed by atoms with E-state index in [1.807, 2.05) is 18.3 Å². The van der Waals surface area contributed by atoms with Crippen molar-refractivity contribution in [2.75, 3.05) is 14.2 Å². The minimum Gasteiger partial charge on any atom is -0.496 e. The SMILES string of the molecule is COc1cc(Cn2cc(CBr)nn2)c(OC)cc1Br. The van der Waals surface area contributed by atoms with Crippen LogP contribution in [0.3, 0.4) is 0 Å².